The molecule has 0 radical (unpaired) electrons. The number of carbonyl (C=O) groups excluding carboxylic acids is 1. The van der Waals surface area contributed by atoms with Gasteiger partial charge in [0.2, 0.25) is 0 Å². The summed E-state index contributed by atoms with van der Waals surface area (Å²) in [6, 6.07) is 0. The molecule has 1 amide bonds. The topological polar surface area (TPSA) is 76.1 Å². The van der Waals surface area contributed by atoms with Crippen LogP contribution in [-0.4, -0.2) is 52.5 Å². The van der Waals surface area contributed by atoms with Gasteiger partial charge in [-0.2, -0.15) is 0 Å². The summed E-state index contributed by atoms with van der Waals surface area (Å²) < 4.78 is 11.2. The number of ether oxygens (including phenoxy) is 2. The van der Waals surface area contributed by atoms with E-state index < -0.39 is 17.2 Å². The van der Waals surface area contributed by atoms with Gasteiger partial charge in [0, 0.05) is 13.1 Å². The van der Waals surface area contributed by atoms with E-state index in [0.29, 0.717) is 38.8 Å². The van der Waals surface area contributed by atoms with Gasteiger partial charge in [0.1, 0.15) is 5.60 Å². The fraction of sp³-hybridized carbons (Fsp3) is 0.867. The van der Waals surface area contributed by atoms with Crippen molar-refractivity contribution < 1.29 is 24.2 Å². The van der Waals surface area contributed by atoms with Crippen LogP contribution in [0.4, 0.5) is 4.79 Å². The maximum absolute atomic E-state index is 11.9. The van der Waals surface area contributed by atoms with Crippen LogP contribution < -0.4 is 0 Å². The summed E-state index contributed by atoms with van der Waals surface area (Å²) in [6.45, 7) is 6.63. The minimum Gasteiger partial charge on any atom is -0.479 e. The lowest BCUT2D eigenvalue weighted by Gasteiger charge is -2.42. The first-order valence-electron chi connectivity index (χ1n) is 7.61. The molecule has 2 fully saturated rings. The number of amides is 1. The summed E-state index contributed by atoms with van der Waals surface area (Å²) in [5, 5.41) is 9.27. The summed E-state index contributed by atoms with van der Waals surface area (Å²) in [5.74, 6) is -0.858. The molecule has 1 saturated heterocycles. The van der Waals surface area contributed by atoms with Crippen LogP contribution in [0.5, 0.6) is 0 Å². The number of piperidine rings is 1. The van der Waals surface area contributed by atoms with Crippen molar-refractivity contribution in [3.8, 4) is 0 Å². The molecule has 1 saturated carbocycles. The second-order valence-corrected chi connectivity index (χ2v) is 6.94. The summed E-state index contributed by atoms with van der Waals surface area (Å²) >= 11 is 0. The van der Waals surface area contributed by atoms with Gasteiger partial charge in [0.25, 0.3) is 0 Å². The predicted molar refractivity (Wildman–Crippen MR) is 76.1 cm³/mol. The highest BCUT2D eigenvalue weighted by Gasteiger charge is 2.47. The molecule has 1 aliphatic heterocycles. The van der Waals surface area contributed by atoms with Crippen molar-refractivity contribution in [2.75, 3.05) is 13.1 Å². The largest absolute Gasteiger partial charge is 0.479 e. The Morgan fingerprint density at radius 2 is 1.76 bits per heavy atom. The lowest BCUT2D eigenvalue weighted by molar-refractivity contribution is -0.193. The zero-order valence-corrected chi connectivity index (χ0v) is 13.1. The number of carboxylic acid groups (broad SMARTS) is 1. The molecule has 0 aromatic carbocycles. The lowest BCUT2D eigenvalue weighted by Crippen LogP contribution is -2.52. The van der Waals surface area contributed by atoms with E-state index in [9.17, 15) is 14.7 Å². The Morgan fingerprint density at radius 3 is 2.14 bits per heavy atom. The highest BCUT2D eigenvalue weighted by molar-refractivity contribution is 5.78. The Hall–Kier alpha value is -1.30. The van der Waals surface area contributed by atoms with Crippen molar-refractivity contribution in [3.63, 3.8) is 0 Å². The van der Waals surface area contributed by atoms with Crippen LogP contribution in [0.3, 0.4) is 0 Å². The van der Waals surface area contributed by atoms with Crippen LogP contribution in [0.15, 0.2) is 0 Å². The average molecular weight is 299 g/mol. The van der Waals surface area contributed by atoms with Gasteiger partial charge < -0.3 is 19.5 Å². The van der Waals surface area contributed by atoms with E-state index in [1.807, 2.05) is 20.8 Å². The third-order valence-corrected chi connectivity index (χ3v) is 4.04. The quantitative estimate of drug-likeness (QED) is 0.866. The monoisotopic (exact) mass is 299 g/mol. The van der Waals surface area contributed by atoms with Gasteiger partial charge in [-0.25, -0.2) is 9.59 Å². The van der Waals surface area contributed by atoms with Gasteiger partial charge in [0.15, 0.2) is 5.60 Å². The summed E-state index contributed by atoms with van der Waals surface area (Å²) in [7, 11) is 0. The molecule has 0 atom stereocenters. The van der Waals surface area contributed by atoms with Gasteiger partial charge in [-0.1, -0.05) is 0 Å². The van der Waals surface area contributed by atoms with Gasteiger partial charge in [0.05, 0.1) is 6.10 Å². The molecular formula is C15H25NO5. The summed E-state index contributed by atoms with van der Waals surface area (Å²) in [6.07, 6.45) is 3.02. The maximum atomic E-state index is 11.9. The van der Waals surface area contributed by atoms with Gasteiger partial charge in [-0.3, -0.25) is 0 Å². The molecule has 0 unspecified atom stereocenters. The normalized spacial score (nSPS) is 22.5. The average Bonchev–Trinajstić information content (AvgIpc) is 2.32. The van der Waals surface area contributed by atoms with Gasteiger partial charge >= 0.3 is 12.1 Å². The third kappa shape index (κ3) is 3.87. The molecule has 2 rings (SSSR count). The SMILES string of the molecule is CC(C)(C)OC(=O)N1CCC(OC2(C(=O)O)CCC2)CC1. The van der Waals surface area contributed by atoms with Crippen molar-refractivity contribution in [2.45, 2.75) is 70.2 Å². The Kier molecular flexibility index (Phi) is 4.46. The molecule has 1 aliphatic carbocycles. The fourth-order valence-corrected chi connectivity index (χ4v) is 2.68. The number of likely N-dealkylation sites (tertiary alicyclic amines) is 1. The van der Waals surface area contributed by atoms with Crippen molar-refractivity contribution in [1.82, 2.24) is 4.90 Å². The fourth-order valence-electron chi connectivity index (χ4n) is 2.68. The highest BCUT2D eigenvalue weighted by atomic mass is 16.6. The number of carboxylic acids is 1. The molecule has 1 heterocycles. The number of hydrogen-bond acceptors (Lipinski definition) is 4. The number of carbonyl (C=O) groups is 2. The minimum atomic E-state index is -0.973. The van der Waals surface area contributed by atoms with Crippen LogP contribution in [0.1, 0.15) is 52.9 Å². The standard InChI is InChI=1S/C15H25NO5/c1-14(2,3)21-13(19)16-9-5-11(6-10-16)20-15(12(17)18)7-4-8-15/h11H,4-10H2,1-3H3,(H,17,18). The number of nitrogens with zero attached hydrogens (tertiary/aromatic N) is 1. The second kappa shape index (κ2) is 5.83. The van der Waals surface area contributed by atoms with Crippen LogP contribution >= 0.6 is 0 Å². The Morgan fingerprint density at radius 1 is 1.19 bits per heavy atom. The van der Waals surface area contributed by atoms with Gasteiger partial charge in [-0.15, -0.1) is 0 Å². The molecule has 0 aromatic heterocycles. The van der Waals surface area contributed by atoms with E-state index >= 15 is 0 Å². The zero-order chi connectivity index (χ0) is 15.7. The minimum absolute atomic E-state index is 0.0833. The Labute approximate surface area is 125 Å². The molecular weight excluding hydrogens is 274 g/mol. The van der Waals surface area contributed by atoms with Crippen molar-refractivity contribution in [2.24, 2.45) is 0 Å². The number of rotatable bonds is 3. The second-order valence-electron chi connectivity index (χ2n) is 6.94. The van der Waals surface area contributed by atoms with E-state index in [2.05, 4.69) is 0 Å². The summed E-state index contributed by atoms with van der Waals surface area (Å²) in [4.78, 5) is 24.9. The molecule has 6 heteroatoms. The van der Waals surface area contributed by atoms with E-state index in [1.54, 1.807) is 4.90 Å². The Balaban J connectivity index is 1.81. The van der Waals surface area contributed by atoms with Crippen LogP contribution in [-0.2, 0) is 14.3 Å². The third-order valence-electron chi connectivity index (χ3n) is 4.04. The highest BCUT2D eigenvalue weighted by Crippen LogP contribution is 2.38. The van der Waals surface area contributed by atoms with Crippen LogP contribution in [0.25, 0.3) is 0 Å². The van der Waals surface area contributed by atoms with E-state index in [0.717, 1.165) is 6.42 Å². The van der Waals surface area contributed by atoms with E-state index in [4.69, 9.17) is 9.47 Å². The predicted octanol–water partition coefficient (Wildman–Crippen LogP) is 2.41. The van der Waals surface area contributed by atoms with Crippen molar-refractivity contribution in [1.29, 1.82) is 0 Å². The zero-order valence-electron chi connectivity index (χ0n) is 13.1. The maximum Gasteiger partial charge on any atom is 0.410 e. The van der Waals surface area contributed by atoms with E-state index in [-0.39, 0.29) is 12.2 Å². The van der Waals surface area contributed by atoms with Gasteiger partial charge in [-0.05, 0) is 52.9 Å². The van der Waals surface area contributed by atoms with Crippen molar-refractivity contribution in [3.05, 3.63) is 0 Å². The smallest absolute Gasteiger partial charge is 0.410 e. The number of hydrogen-bond donors (Lipinski definition) is 1. The molecule has 21 heavy (non-hydrogen) atoms. The molecule has 0 bridgehead atoms. The molecule has 6 nitrogen and oxygen atoms in total. The Bertz CT molecular complexity index is 403. The first-order valence-corrected chi connectivity index (χ1v) is 7.61. The molecule has 2 aliphatic rings. The molecule has 0 aromatic rings. The molecule has 120 valence electrons. The first-order chi connectivity index (χ1) is 9.72. The van der Waals surface area contributed by atoms with Crippen molar-refractivity contribution >= 4 is 12.1 Å². The summed E-state index contributed by atoms with van der Waals surface area (Å²) in [5.41, 5.74) is -1.47. The van der Waals surface area contributed by atoms with Crippen LogP contribution in [0, 0.1) is 0 Å². The van der Waals surface area contributed by atoms with E-state index in [1.165, 1.54) is 0 Å². The molecule has 0 spiro atoms. The number of aliphatic carboxylic acids is 1. The first kappa shape index (κ1) is 16.1. The lowest BCUT2D eigenvalue weighted by atomic mass is 9.79. The molecule has 1 N–H and O–H groups in total. The van der Waals surface area contributed by atoms with Crippen LogP contribution in [0.2, 0.25) is 0 Å².